The highest BCUT2D eigenvalue weighted by molar-refractivity contribution is 7.10. The molecular formula is C25H26N2O4S. The molecule has 0 unspecified atom stereocenters. The number of amides is 1. The first kappa shape index (κ1) is 22.0. The van der Waals surface area contributed by atoms with Gasteiger partial charge in [-0.3, -0.25) is 14.5 Å². The summed E-state index contributed by atoms with van der Waals surface area (Å²) in [5, 5.41) is 4.99. The van der Waals surface area contributed by atoms with E-state index in [-0.39, 0.29) is 24.3 Å². The minimum absolute atomic E-state index is 0.0316. The van der Waals surface area contributed by atoms with Gasteiger partial charge in [-0.1, -0.05) is 18.2 Å². The summed E-state index contributed by atoms with van der Waals surface area (Å²) in [7, 11) is 3.27. The van der Waals surface area contributed by atoms with Crippen molar-refractivity contribution in [1.82, 2.24) is 4.90 Å². The lowest BCUT2D eigenvalue weighted by Gasteiger charge is -2.37. The van der Waals surface area contributed by atoms with Gasteiger partial charge in [-0.15, -0.1) is 11.3 Å². The van der Waals surface area contributed by atoms with E-state index in [1.807, 2.05) is 18.2 Å². The number of nitrogens with zero attached hydrogens (tertiary/aromatic N) is 1. The minimum atomic E-state index is -0.115. The van der Waals surface area contributed by atoms with Crippen molar-refractivity contribution in [3.8, 4) is 11.5 Å². The summed E-state index contributed by atoms with van der Waals surface area (Å²) < 4.78 is 11.0. The quantitative estimate of drug-likeness (QED) is 0.535. The zero-order valence-electron chi connectivity index (χ0n) is 18.4. The van der Waals surface area contributed by atoms with Gasteiger partial charge in [0.25, 0.3) is 0 Å². The summed E-state index contributed by atoms with van der Waals surface area (Å²) >= 11 is 1.67. The van der Waals surface area contributed by atoms with Gasteiger partial charge in [-0.05, 0) is 60.2 Å². The van der Waals surface area contributed by atoms with E-state index in [0.717, 1.165) is 18.5 Å². The van der Waals surface area contributed by atoms with Gasteiger partial charge in [0.05, 0.1) is 26.8 Å². The Morgan fingerprint density at radius 3 is 2.56 bits per heavy atom. The molecule has 0 saturated heterocycles. The molecule has 0 bridgehead atoms. The number of ketones is 1. The van der Waals surface area contributed by atoms with E-state index in [0.29, 0.717) is 22.7 Å². The number of fused-ring (bicyclic) bond motifs is 1. The van der Waals surface area contributed by atoms with Crippen LogP contribution < -0.4 is 14.8 Å². The van der Waals surface area contributed by atoms with E-state index in [1.165, 1.54) is 17.4 Å². The Bertz CT molecular complexity index is 1130. The van der Waals surface area contributed by atoms with Crippen LogP contribution >= 0.6 is 11.3 Å². The van der Waals surface area contributed by atoms with Crippen LogP contribution in [0.1, 0.15) is 39.3 Å². The molecule has 7 heteroatoms. The van der Waals surface area contributed by atoms with Gasteiger partial charge in [-0.25, -0.2) is 0 Å². The summed E-state index contributed by atoms with van der Waals surface area (Å²) in [6.07, 6.45) is 0.810. The SMILES string of the molecule is COc1cc2c(cc1OC)[C@@H](c1cccs1)N(CC(=O)Nc1cccc(C(C)=O)c1)CC2. The monoisotopic (exact) mass is 450 g/mol. The summed E-state index contributed by atoms with van der Waals surface area (Å²) in [5.74, 6) is 1.25. The molecule has 1 amide bonds. The number of hydrogen-bond donors (Lipinski definition) is 1. The van der Waals surface area contributed by atoms with Crippen LogP contribution in [-0.2, 0) is 11.2 Å². The van der Waals surface area contributed by atoms with Crippen LogP contribution in [0.4, 0.5) is 5.69 Å². The second-order valence-corrected chi connectivity index (χ2v) is 8.71. The number of methoxy groups -OCH3 is 2. The van der Waals surface area contributed by atoms with Crippen LogP contribution in [0.15, 0.2) is 53.9 Å². The van der Waals surface area contributed by atoms with Crippen molar-refractivity contribution in [1.29, 1.82) is 0 Å². The predicted octanol–water partition coefficient (Wildman–Crippen LogP) is 4.55. The lowest BCUT2D eigenvalue weighted by atomic mass is 9.91. The second kappa shape index (κ2) is 9.54. The normalized spacial score (nSPS) is 15.7. The molecule has 0 aliphatic carbocycles. The summed E-state index contributed by atoms with van der Waals surface area (Å²) in [6.45, 7) is 2.49. The molecule has 1 aliphatic rings. The number of carbonyl (C=O) groups is 2. The first-order chi connectivity index (χ1) is 15.5. The number of nitrogens with one attached hydrogen (secondary N) is 1. The van der Waals surface area contributed by atoms with E-state index in [2.05, 4.69) is 21.7 Å². The maximum Gasteiger partial charge on any atom is 0.238 e. The van der Waals surface area contributed by atoms with E-state index in [1.54, 1.807) is 49.8 Å². The number of thiophene rings is 1. The highest BCUT2D eigenvalue weighted by Crippen LogP contribution is 2.42. The van der Waals surface area contributed by atoms with Crippen molar-refractivity contribution in [3.63, 3.8) is 0 Å². The smallest absolute Gasteiger partial charge is 0.238 e. The molecule has 1 aliphatic heterocycles. The van der Waals surface area contributed by atoms with Gasteiger partial charge in [0.1, 0.15) is 0 Å². The molecule has 32 heavy (non-hydrogen) atoms. The van der Waals surface area contributed by atoms with E-state index in [9.17, 15) is 9.59 Å². The van der Waals surface area contributed by atoms with Crippen molar-refractivity contribution in [2.75, 3.05) is 32.6 Å². The van der Waals surface area contributed by atoms with Crippen LogP contribution in [0.3, 0.4) is 0 Å². The van der Waals surface area contributed by atoms with Gasteiger partial charge >= 0.3 is 0 Å². The van der Waals surface area contributed by atoms with Gasteiger partial charge in [0.15, 0.2) is 17.3 Å². The molecule has 6 nitrogen and oxygen atoms in total. The van der Waals surface area contributed by atoms with Crippen molar-refractivity contribution in [3.05, 3.63) is 75.5 Å². The molecule has 1 aromatic heterocycles. The molecule has 3 aromatic rings. The number of Topliss-reactive ketones (excluding diaryl/α,β-unsaturated/α-hetero) is 1. The molecule has 0 radical (unpaired) electrons. The topological polar surface area (TPSA) is 67.9 Å². The zero-order valence-corrected chi connectivity index (χ0v) is 19.2. The molecule has 0 fully saturated rings. The Labute approximate surface area is 191 Å². The molecule has 1 N–H and O–H groups in total. The zero-order chi connectivity index (χ0) is 22.7. The van der Waals surface area contributed by atoms with Crippen LogP contribution in [-0.4, -0.2) is 43.9 Å². The van der Waals surface area contributed by atoms with Crippen LogP contribution in [0.5, 0.6) is 11.5 Å². The molecule has 4 rings (SSSR count). The standard InChI is InChI=1S/C25H26N2O4S/c1-16(28)17-6-4-7-19(12-17)26-24(29)15-27-10-9-18-13-21(30-2)22(31-3)14-20(18)25(27)23-8-5-11-32-23/h4-8,11-14,25H,9-10,15H2,1-3H3,(H,26,29)/t25-/m0/s1. The van der Waals surface area contributed by atoms with Crippen molar-refractivity contribution < 1.29 is 19.1 Å². The highest BCUT2D eigenvalue weighted by Gasteiger charge is 2.32. The lowest BCUT2D eigenvalue weighted by Crippen LogP contribution is -2.40. The fraction of sp³-hybridized carbons (Fsp3) is 0.280. The fourth-order valence-corrected chi connectivity index (χ4v) is 5.03. The van der Waals surface area contributed by atoms with E-state index in [4.69, 9.17) is 9.47 Å². The van der Waals surface area contributed by atoms with Crippen LogP contribution in [0.2, 0.25) is 0 Å². The van der Waals surface area contributed by atoms with Crippen LogP contribution in [0.25, 0.3) is 0 Å². The largest absolute Gasteiger partial charge is 0.493 e. The predicted molar refractivity (Wildman–Crippen MR) is 126 cm³/mol. The Hall–Kier alpha value is -3.16. The molecule has 0 saturated carbocycles. The van der Waals surface area contributed by atoms with Gasteiger partial charge < -0.3 is 14.8 Å². The second-order valence-electron chi connectivity index (χ2n) is 7.73. The molecular weight excluding hydrogens is 424 g/mol. The fourth-order valence-electron chi connectivity index (χ4n) is 4.15. The third-order valence-electron chi connectivity index (χ3n) is 5.69. The average Bonchev–Trinajstić information content (AvgIpc) is 3.32. The maximum absolute atomic E-state index is 12.9. The maximum atomic E-state index is 12.9. The number of ether oxygens (including phenoxy) is 2. The Morgan fingerprint density at radius 2 is 1.88 bits per heavy atom. The van der Waals surface area contributed by atoms with Gasteiger partial charge in [-0.2, -0.15) is 0 Å². The van der Waals surface area contributed by atoms with Crippen molar-refractivity contribution >= 4 is 28.7 Å². The number of anilines is 1. The Morgan fingerprint density at radius 1 is 1.09 bits per heavy atom. The molecule has 166 valence electrons. The summed E-state index contributed by atoms with van der Waals surface area (Å²) in [6, 6.07) is 15.2. The Balaban J connectivity index is 1.61. The lowest BCUT2D eigenvalue weighted by molar-refractivity contribution is -0.117. The van der Waals surface area contributed by atoms with Crippen molar-refractivity contribution in [2.45, 2.75) is 19.4 Å². The first-order valence-electron chi connectivity index (χ1n) is 10.4. The highest BCUT2D eigenvalue weighted by atomic mass is 32.1. The molecule has 0 spiro atoms. The van der Waals surface area contributed by atoms with Crippen molar-refractivity contribution in [2.24, 2.45) is 0 Å². The van der Waals surface area contributed by atoms with Crippen LogP contribution in [0, 0.1) is 0 Å². The average molecular weight is 451 g/mol. The summed E-state index contributed by atoms with van der Waals surface area (Å²) in [5.41, 5.74) is 3.53. The number of benzene rings is 2. The Kier molecular flexibility index (Phi) is 6.58. The van der Waals surface area contributed by atoms with E-state index < -0.39 is 0 Å². The summed E-state index contributed by atoms with van der Waals surface area (Å²) in [4.78, 5) is 27.9. The van der Waals surface area contributed by atoms with Gasteiger partial charge in [0, 0.05) is 22.7 Å². The molecule has 2 aromatic carbocycles. The minimum Gasteiger partial charge on any atom is -0.493 e. The number of hydrogen-bond acceptors (Lipinski definition) is 6. The number of carbonyl (C=O) groups excluding carboxylic acids is 2. The first-order valence-corrected chi connectivity index (χ1v) is 11.3. The number of rotatable bonds is 7. The molecule has 2 heterocycles. The third kappa shape index (κ3) is 4.54. The van der Waals surface area contributed by atoms with Gasteiger partial charge in [0.2, 0.25) is 5.91 Å². The van der Waals surface area contributed by atoms with E-state index >= 15 is 0 Å². The molecule has 1 atom stereocenters. The third-order valence-corrected chi connectivity index (χ3v) is 6.61.